The van der Waals surface area contributed by atoms with Gasteiger partial charge in [-0.15, -0.1) is 0 Å². The van der Waals surface area contributed by atoms with Crippen LogP contribution < -0.4 is 10.6 Å². The maximum absolute atomic E-state index is 12.9. The molecule has 1 atom stereocenters. The molecule has 30 heavy (non-hydrogen) atoms. The lowest BCUT2D eigenvalue weighted by molar-refractivity contribution is 0.0277. The van der Waals surface area contributed by atoms with Crippen LogP contribution in [0.2, 0.25) is 0 Å². The maximum Gasteiger partial charge on any atom is 0.273 e. The minimum atomic E-state index is -0.227. The molecule has 0 bridgehead atoms. The van der Waals surface area contributed by atoms with Gasteiger partial charge >= 0.3 is 0 Å². The Morgan fingerprint density at radius 1 is 1.30 bits per heavy atom. The molecule has 7 heteroatoms. The number of anilines is 1. The lowest BCUT2D eigenvalue weighted by Gasteiger charge is -2.24. The smallest absolute Gasteiger partial charge is 0.273 e. The fraction of sp³-hybridized carbons (Fsp3) is 0.261. The first-order chi connectivity index (χ1) is 14.7. The van der Waals surface area contributed by atoms with Crippen LogP contribution in [0.25, 0.3) is 11.3 Å². The fourth-order valence-corrected chi connectivity index (χ4v) is 3.49. The van der Waals surface area contributed by atoms with Gasteiger partial charge < -0.3 is 15.4 Å². The lowest BCUT2D eigenvalue weighted by Crippen LogP contribution is -2.33. The number of aryl methyl sites for hydroxylation is 1. The summed E-state index contributed by atoms with van der Waals surface area (Å²) in [7, 11) is 0. The van der Waals surface area contributed by atoms with Gasteiger partial charge in [0.1, 0.15) is 5.69 Å². The zero-order chi connectivity index (χ0) is 20.9. The number of nitrogens with zero attached hydrogens (tertiary/aromatic N) is 3. The van der Waals surface area contributed by atoms with Gasteiger partial charge in [0.2, 0.25) is 0 Å². The largest absolute Gasteiger partial charge is 0.371 e. The monoisotopic (exact) mass is 401 g/mol. The highest BCUT2D eigenvalue weighted by atomic mass is 16.5. The Bertz CT molecular complexity index is 1080. The van der Waals surface area contributed by atoms with Gasteiger partial charge in [-0.3, -0.25) is 9.48 Å². The summed E-state index contributed by atoms with van der Waals surface area (Å²) in [6, 6.07) is 18.8. The van der Waals surface area contributed by atoms with E-state index in [1.807, 2.05) is 43.3 Å². The van der Waals surface area contributed by atoms with Gasteiger partial charge in [-0.2, -0.15) is 10.4 Å². The minimum absolute atomic E-state index is 0.0387. The van der Waals surface area contributed by atoms with E-state index < -0.39 is 0 Å². The van der Waals surface area contributed by atoms with Gasteiger partial charge in [-0.1, -0.05) is 24.3 Å². The third-order valence-electron chi connectivity index (χ3n) is 5.07. The summed E-state index contributed by atoms with van der Waals surface area (Å²) in [4.78, 5) is 12.9. The second kappa shape index (κ2) is 8.91. The molecule has 4 rings (SSSR count). The van der Waals surface area contributed by atoms with Crippen LogP contribution in [0.5, 0.6) is 0 Å². The van der Waals surface area contributed by atoms with Crippen molar-refractivity contribution in [2.45, 2.75) is 19.6 Å². The van der Waals surface area contributed by atoms with Crippen molar-refractivity contribution in [3.8, 4) is 17.3 Å². The van der Waals surface area contributed by atoms with Crippen molar-refractivity contribution in [1.29, 1.82) is 5.26 Å². The molecule has 3 aromatic rings. The first kappa shape index (κ1) is 19.8. The van der Waals surface area contributed by atoms with Crippen molar-refractivity contribution < 1.29 is 9.53 Å². The summed E-state index contributed by atoms with van der Waals surface area (Å²) in [6.07, 6.45) is 0.0387. The molecule has 2 N–H and O–H groups in total. The number of nitriles is 1. The van der Waals surface area contributed by atoms with Gasteiger partial charge in [-0.05, 0) is 42.8 Å². The first-order valence-electron chi connectivity index (χ1n) is 10.00. The van der Waals surface area contributed by atoms with E-state index in [0.29, 0.717) is 35.8 Å². The van der Waals surface area contributed by atoms with E-state index in [4.69, 9.17) is 10.00 Å². The number of carbonyl (C=O) groups excluding carboxylic acids is 1. The normalized spacial score (nSPS) is 16.1. The van der Waals surface area contributed by atoms with Crippen LogP contribution in [-0.2, 0) is 11.3 Å². The van der Waals surface area contributed by atoms with E-state index in [2.05, 4.69) is 21.8 Å². The summed E-state index contributed by atoms with van der Waals surface area (Å²) in [5, 5.41) is 19.9. The van der Waals surface area contributed by atoms with E-state index in [1.54, 1.807) is 22.9 Å². The molecule has 1 saturated heterocycles. The van der Waals surface area contributed by atoms with Crippen molar-refractivity contribution in [1.82, 2.24) is 15.1 Å². The van der Waals surface area contributed by atoms with Crippen LogP contribution >= 0.6 is 0 Å². The standard InChI is InChI=1S/C23H23N5O2/c1-2-28-21(13-20(27-28)18-5-3-4-16(12-18)14-24)23(29)26-19-8-6-17(7-9-19)22-15-25-10-11-30-22/h3-9,12-13,22,25H,2,10-11,15H2,1H3,(H,26,29). The van der Waals surface area contributed by atoms with Gasteiger partial charge in [0, 0.05) is 30.9 Å². The van der Waals surface area contributed by atoms with Crippen molar-refractivity contribution in [3.63, 3.8) is 0 Å². The lowest BCUT2D eigenvalue weighted by atomic mass is 10.1. The maximum atomic E-state index is 12.9. The van der Waals surface area contributed by atoms with Crippen LogP contribution in [0, 0.1) is 11.3 Å². The Morgan fingerprint density at radius 2 is 2.13 bits per heavy atom. The second-order valence-electron chi connectivity index (χ2n) is 7.06. The molecule has 0 saturated carbocycles. The van der Waals surface area contributed by atoms with Crippen LogP contribution in [-0.4, -0.2) is 35.4 Å². The highest BCUT2D eigenvalue weighted by Gasteiger charge is 2.18. The topological polar surface area (TPSA) is 92.0 Å². The average molecular weight is 401 g/mol. The number of morpholine rings is 1. The Morgan fingerprint density at radius 3 is 2.83 bits per heavy atom. The molecule has 0 spiro atoms. The Balaban J connectivity index is 1.51. The van der Waals surface area contributed by atoms with Gasteiger partial charge in [0.25, 0.3) is 5.91 Å². The molecule has 2 heterocycles. The number of carbonyl (C=O) groups is 1. The van der Waals surface area contributed by atoms with Gasteiger partial charge in [-0.25, -0.2) is 0 Å². The van der Waals surface area contributed by atoms with E-state index in [0.717, 1.165) is 24.2 Å². The molecule has 7 nitrogen and oxygen atoms in total. The second-order valence-corrected chi connectivity index (χ2v) is 7.06. The SMILES string of the molecule is CCn1nc(-c2cccc(C#N)c2)cc1C(=O)Nc1ccc(C2CNCCO2)cc1. The first-order valence-corrected chi connectivity index (χ1v) is 10.00. The molecular weight excluding hydrogens is 378 g/mol. The molecule has 0 aliphatic carbocycles. The number of aromatic nitrogens is 2. The van der Waals surface area contributed by atoms with Crippen LogP contribution in [0.3, 0.4) is 0 Å². The van der Waals surface area contributed by atoms with Gasteiger partial charge in [0.05, 0.1) is 30.0 Å². The third-order valence-corrected chi connectivity index (χ3v) is 5.07. The van der Waals surface area contributed by atoms with E-state index in [9.17, 15) is 4.79 Å². The number of hydrogen-bond donors (Lipinski definition) is 2. The zero-order valence-electron chi connectivity index (χ0n) is 16.8. The average Bonchev–Trinajstić information content (AvgIpc) is 3.25. The van der Waals surface area contributed by atoms with Crippen LogP contribution in [0.1, 0.15) is 34.6 Å². The molecule has 1 amide bonds. The molecule has 1 aliphatic rings. The summed E-state index contributed by atoms with van der Waals surface area (Å²) < 4.78 is 7.43. The number of benzene rings is 2. The minimum Gasteiger partial charge on any atom is -0.371 e. The number of ether oxygens (including phenoxy) is 1. The van der Waals surface area contributed by atoms with Crippen molar-refractivity contribution >= 4 is 11.6 Å². The highest BCUT2D eigenvalue weighted by Crippen LogP contribution is 2.23. The van der Waals surface area contributed by atoms with Crippen molar-refractivity contribution in [2.75, 3.05) is 25.0 Å². The molecule has 1 fully saturated rings. The van der Waals surface area contributed by atoms with Crippen LogP contribution in [0.15, 0.2) is 54.6 Å². The van der Waals surface area contributed by atoms with E-state index in [-0.39, 0.29) is 12.0 Å². The Hall–Kier alpha value is -3.47. The van der Waals surface area contributed by atoms with Crippen LogP contribution in [0.4, 0.5) is 5.69 Å². The number of rotatable bonds is 5. The summed E-state index contributed by atoms with van der Waals surface area (Å²) in [6.45, 7) is 4.86. The van der Waals surface area contributed by atoms with Crippen molar-refractivity contribution in [3.05, 3.63) is 71.4 Å². The number of hydrogen-bond acceptors (Lipinski definition) is 5. The Labute approximate surface area is 175 Å². The molecule has 0 radical (unpaired) electrons. The molecule has 2 aromatic carbocycles. The predicted octanol–water partition coefficient (Wildman–Crippen LogP) is 3.35. The predicted molar refractivity (Wildman–Crippen MR) is 114 cm³/mol. The summed E-state index contributed by atoms with van der Waals surface area (Å²) in [5.74, 6) is -0.227. The molecule has 1 unspecified atom stereocenters. The summed E-state index contributed by atoms with van der Waals surface area (Å²) in [5.41, 5.74) is 4.29. The van der Waals surface area contributed by atoms with Gasteiger partial charge in [0.15, 0.2) is 0 Å². The molecule has 152 valence electrons. The Kier molecular flexibility index (Phi) is 5.89. The molecule has 1 aliphatic heterocycles. The molecule has 1 aromatic heterocycles. The molecular formula is C23H23N5O2. The quantitative estimate of drug-likeness (QED) is 0.684. The van der Waals surface area contributed by atoms with E-state index in [1.165, 1.54) is 0 Å². The third kappa shape index (κ3) is 4.25. The van der Waals surface area contributed by atoms with Crippen molar-refractivity contribution in [2.24, 2.45) is 0 Å². The number of nitrogens with one attached hydrogen (secondary N) is 2. The zero-order valence-corrected chi connectivity index (χ0v) is 16.8. The fourth-order valence-electron chi connectivity index (χ4n) is 3.49. The van der Waals surface area contributed by atoms with E-state index >= 15 is 0 Å². The highest BCUT2D eigenvalue weighted by molar-refractivity contribution is 6.03. The number of amides is 1. The summed E-state index contributed by atoms with van der Waals surface area (Å²) >= 11 is 0.